The van der Waals surface area contributed by atoms with Gasteiger partial charge in [-0.25, -0.2) is 0 Å². The van der Waals surface area contributed by atoms with Crippen LogP contribution in [-0.4, -0.2) is 10.1 Å². The summed E-state index contributed by atoms with van der Waals surface area (Å²) in [5.74, 6) is 1.88. The summed E-state index contributed by atoms with van der Waals surface area (Å²) in [7, 11) is 0. The zero-order valence-corrected chi connectivity index (χ0v) is 15.4. The smallest absolute Gasteiger partial charge is 0.258 e. The maximum atomic E-state index is 5.87. The fraction of sp³-hybridized carbons (Fsp3) is 0.0476. The molecule has 0 fully saturated rings. The van der Waals surface area contributed by atoms with Gasteiger partial charge in [0.1, 0.15) is 12.4 Å². The Labute approximate surface area is 159 Å². The summed E-state index contributed by atoms with van der Waals surface area (Å²) in [5.41, 5.74) is 2.82. The molecule has 4 aromatic rings. The van der Waals surface area contributed by atoms with E-state index in [2.05, 4.69) is 26.1 Å². The lowest BCUT2D eigenvalue weighted by atomic mass is 10.1. The highest BCUT2D eigenvalue weighted by molar-refractivity contribution is 9.10. The van der Waals surface area contributed by atoms with Crippen molar-refractivity contribution in [2.45, 2.75) is 6.61 Å². The molecule has 0 atom stereocenters. The molecule has 0 aliphatic rings. The van der Waals surface area contributed by atoms with Crippen molar-refractivity contribution in [2.24, 2.45) is 0 Å². The van der Waals surface area contributed by atoms with Crippen LogP contribution in [0.25, 0.3) is 22.8 Å². The third-order valence-electron chi connectivity index (χ3n) is 3.86. The summed E-state index contributed by atoms with van der Waals surface area (Å²) in [6.07, 6.45) is 0. The van der Waals surface area contributed by atoms with E-state index in [-0.39, 0.29) is 0 Å². The van der Waals surface area contributed by atoms with Crippen molar-refractivity contribution in [3.05, 3.63) is 88.9 Å². The van der Waals surface area contributed by atoms with Gasteiger partial charge in [-0.1, -0.05) is 59.8 Å². The number of aromatic nitrogens is 2. The second kappa shape index (κ2) is 7.54. The predicted octanol–water partition coefficient (Wildman–Crippen LogP) is 5.75. The van der Waals surface area contributed by atoms with Gasteiger partial charge in [0.25, 0.3) is 5.89 Å². The molecule has 0 saturated carbocycles. The molecule has 3 aromatic carbocycles. The number of nitrogens with zero attached hydrogens (tertiary/aromatic N) is 2. The van der Waals surface area contributed by atoms with E-state index in [0.717, 1.165) is 26.9 Å². The van der Waals surface area contributed by atoms with E-state index in [0.29, 0.717) is 18.3 Å². The van der Waals surface area contributed by atoms with Crippen molar-refractivity contribution in [3.63, 3.8) is 0 Å². The van der Waals surface area contributed by atoms with Crippen molar-refractivity contribution in [3.8, 4) is 28.6 Å². The Morgan fingerprint density at radius 3 is 2.46 bits per heavy atom. The van der Waals surface area contributed by atoms with E-state index in [1.807, 2.05) is 78.9 Å². The summed E-state index contributed by atoms with van der Waals surface area (Å²) < 4.78 is 12.2. The van der Waals surface area contributed by atoms with Gasteiger partial charge >= 0.3 is 0 Å². The number of ether oxygens (including phenoxy) is 1. The molecule has 0 amide bonds. The van der Waals surface area contributed by atoms with Crippen molar-refractivity contribution in [1.29, 1.82) is 0 Å². The molecule has 5 heteroatoms. The number of hydrogen-bond donors (Lipinski definition) is 0. The van der Waals surface area contributed by atoms with Crippen molar-refractivity contribution in [2.75, 3.05) is 0 Å². The van der Waals surface area contributed by atoms with Crippen molar-refractivity contribution >= 4 is 15.9 Å². The molecule has 0 spiro atoms. The quantitative estimate of drug-likeness (QED) is 0.423. The molecular formula is C21H15BrN2O2. The molecule has 0 N–H and O–H groups in total. The maximum absolute atomic E-state index is 5.87. The molecule has 0 aliphatic carbocycles. The molecule has 0 radical (unpaired) electrons. The van der Waals surface area contributed by atoms with Crippen LogP contribution < -0.4 is 4.74 Å². The van der Waals surface area contributed by atoms with Gasteiger partial charge in [0.15, 0.2) is 0 Å². The third kappa shape index (κ3) is 3.68. The SMILES string of the molecule is Brc1ccccc1OCc1cccc(-c2nc(-c3ccccc3)no2)c1. The number of rotatable bonds is 5. The number of para-hydroxylation sites is 1. The van der Waals surface area contributed by atoms with Crippen LogP contribution in [0, 0.1) is 0 Å². The highest BCUT2D eigenvalue weighted by atomic mass is 79.9. The van der Waals surface area contributed by atoms with Crippen molar-refractivity contribution in [1.82, 2.24) is 10.1 Å². The highest BCUT2D eigenvalue weighted by Gasteiger charge is 2.11. The Bertz CT molecular complexity index is 1020. The predicted molar refractivity (Wildman–Crippen MR) is 104 cm³/mol. The molecule has 0 saturated heterocycles. The summed E-state index contributed by atoms with van der Waals surface area (Å²) in [5, 5.41) is 4.07. The first-order chi connectivity index (χ1) is 12.8. The van der Waals surface area contributed by atoms with Gasteiger partial charge in [-0.05, 0) is 45.8 Å². The van der Waals surface area contributed by atoms with E-state index in [1.165, 1.54) is 0 Å². The van der Waals surface area contributed by atoms with Crippen LogP contribution >= 0.6 is 15.9 Å². The maximum Gasteiger partial charge on any atom is 0.258 e. The molecule has 26 heavy (non-hydrogen) atoms. The Morgan fingerprint density at radius 2 is 1.62 bits per heavy atom. The normalized spacial score (nSPS) is 10.7. The molecule has 4 rings (SSSR count). The molecule has 1 heterocycles. The molecule has 0 bridgehead atoms. The lowest BCUT2D eigenvalue weighted by Crippen LogP contribution is -1.96. The van der Waals surface area contributed by atoms with Gasteiger partial charge in [0, 0.05) is 11.1 Å². The lowest BCUT2D eigenvalue weighted by Gasteiger charge is -2.08. The van der Waals surface area contributed by atoms with Gasteiger partial charge in [-0.15, -0.1) is 0 Å². The van der Waals surface area contributed by atoms with Gasteiger partial charge in [0.05, 0.1) is 4.47 Å². The summed E-state index contributed by atoms with van der Waals surface area (Å²) >= 11 is 3.49. The summed E-state index contributed by atoms with van der Waals surface area (Å²) in [6.45, 7) is 0.454. The summed E-state index contributed by atoms with van der Waals surface area (Å²) in [6, 6.07) is 25.5. The number of hydrogen-bond acceptors (Lipinski definition) is 4. The fourth-order valence-electron chi connectivity index (χ4n) is 2.56. The minimum Gasteiger partial charge on any atom is -0.488 e. The Kier molecular flexibility index (Phi) is 4.80. The van der Waals surface area contributed by atoms with E-state index in [4.69, 9.17) is 9.26 Å². The van der Waals surface area contributed by atoms with Crippen LogP contribution in [0.3, 0.4) is 0 Å². The summed E-state index contributed by atoms with van der Waals surface area (Å²) in [4.78, 5) is 4.50. The molecule has 128 valence electrons. The molecular weight excluding hydrogens is 392 g/mol. The van der Waals surface area contributed by atoms with Crippen LogP contribution in [0.15, 0.2) is 87.9 Å². The second-order valence-corrected chi connectivity index (χ2v) is 6.56. The van der Waals surface area contributed by atoms with Crippen LogP contribution in [0.1, 0.15) is 5.56 Å². The molecule has 0 unspecified atom stereocenters. The minimum atomic E-state index is 0.454. The zero-order chi connectivity index (χ0) is 17.8. The van der Waals surface area contributed by atoms with Gasteiger partial charge in [-0.2, -0.15) is 4.98 Å². The first-order valence-corrected chi connectivity index (χ1v) is 8.95. The molecule has 4 nitrogen and oxygen atoms in total. The number of halogens is 1. The molecule has 0 aliphatic heterocycles. The topological polar surface area (TPSA) is 48.2 Å². The standard InChI is InChI=1S/C21H15BrN2O2/c22-18-11-4-5-12-19(18)25-14-15-7-6-10-17(13-15)21-23-20(24-26-21)16-8-2-1-3-9-16/h1-13H,14H2. The van der Waals surface area contributed by atoms with Crippen molar-refractivity contribution < 1.29 is 9.26 Å². The van der Waals surface area contributed by atoms with Gasteiger partial charge in [0.2, 0.25) is 5.82 Å². The van der Waals surface area contributed by atoms with E-state index in [1.54, 1.807) is 0 Å². The van der Waals surface area contributed by atoms with E-state index >= 15 is 0 Å². The Hall–Kier alpha value is -2.92. The van der Waals surface area contributed by atoms with Gasteiger partial charge < -0.3 is 9.26 Å². The second-order valence-electron chi connectivity index (χ2n) is 5.71. The van der Waals surface area contributed by atoms with E-state index < -0.39 is 0 Å². The Morgan fingerprint density at radius 1 is 0.846 bits per heavy atom. The first-order valence-electron chi connectivity index (χ1n) is 8.15. The number of benzene rings is 3. The molecule has 1 aromatic heterocycles. The zero-order valence-electron chi connectivity index (χ0n) is 13.8. The van der Waals surface area contributed by atoms with Crippen LogP contribution in [-0.2, 0) is 6.61 Å². The monoisotopic (exact) mass is 406 g/mol. The van der Waals surface area contributed by atoms with E-state index in [9.17, 15) is 0 Å². The van der Waals surface area contributed by atoms with Crippen LogP contribution in [0.5, 0.6) is 5.75 Å². The fourth-order valence-corrected chi connectivity index (χ4v) is 2.96. The highest BCUT2D eigenvalue weighted by Crippen LogP contribution is 2.26. The lowest BCUT2D eigenvalue weighted by molar-refractivity contribution is 0.304. The first kappa shape index (κ1) is 16.5. The van der Waals surface area contributed by atoms with Gasteiger partial charge in [-0.3, -0.25) is 0 Å². The Balaban J connectivity index is 1.53. The third-order valence-corrected chi connectivity index (χ3v) is 4.52. The van der Waals surface area contributed by atoms with Crippen LogP contribution in [0.2, 0.25) is 0 Å². The largest absolute Gasteiger partial charge is 0.488 e. The average Bonchev–Trinajstić information content (AvgIpc) is 3.19. The average molecular weight is 407 g/mol. The minimum absolute atomic E-state index is 0.454. The van der Waals surface area contributed by atoms with Crippen LogP contribution in [0.4, 0.5) is 0 Å².